The van der Waals surface area contributed by atoms with Crippen LogP contribution in [0, 0.1) is 6.92 Å². The third kappa shape index (κ3) is 6.75. The van der Waals surface area contributed by atoms with Crippen molar-refractivity contribution in [2.24, 2.45) is 0 Å². The summed E-state index contributed by atoms with van der Waals surface area (Å²) < 4.78 is 5.00. The molecule has 0 spiro atoms. The fourth-order valence-corrected chi connectivity index (χ4v) is 6.22. The van der Waals surface area contributed by atoms with E-state index in [1.165, 1.54) is 6.42 Å². The van der Waals surface area contributed by atoms with Gasteiger partial charge < -0.3 is 20.1 Å². The molecule has 2 aliphatic carbocycles. The first kappa shape index (κ1) is 26.4. The van der Waals surface area contributed by atoms with Gasteiger partial charge in [-0.3, -0.25) is 14.4 Å². The molecular formula is C27H38N4O4S. The Morgan fingerprint density at radius 3 is 2.44 bits per heavy atom. The Kier molecular flexibility index (Phi) is 9.18. The number of amides is 3. The zero-order valence-corrected chi connectivity index (χ0v) is 22.0. The quantitative estimate of drug-likeness (QED) is 0.440. The molecule has 2 aliphatic rings. The highest BCUT2D eigenvalue weighted by molar-refractivity contribution is 7.09. The van der Waals surface area contributed by atoms with Gasteiger partial charge in [0.25, 0.3) is 0 Å². The van der Waals surface area contributed by atoms with Crippen LogP contribution in [-0.4, -0.2) is 39.4 Å². The predicted octanol–water partition coefficient (Wildman–Crippen LogP) is 5.33. The maximum Gasteiger partial charge on any atom is 0.246 e. The third-order valence-corrected chi connectivity index (χ3v) is 8.33. The summed E-state index contributed by atoms with van der Waals surface area (Å²) in [6, 6.07) is 5.80. The van der Waals surface area contributed by atoms with Gasteiger partial charge in [-0.25, -0.2) is 0 Å². The van der Waals surface area contributed by atoms with Crippen LogP contribution in [-0.2, 0) is 20.9 Å². The number of aromatic nitrogens is 1. The van der Waals surface area contributed by atoms with Crippen LogP contribution >= 0.6 is 11.3 Å². The smallest absolute Gasteiger partial charge is 0.246 e. The first-order chi connectivity index (χ1) is 17.5. The van der Waals surface area contributed by atoms with Crippen LogP contribution in [0.2, 0.25) is 0 Å². The number of rotatable bonds is 9. The Morgan fingerprint density at radius 2 is 1.81 bits per heavy atom. The maximum atomic E-state index is 14.0. The lowest BCUT2D eigenvalue weighted by Crippen LogP contribution is -2.61. The van der Waals surface area contributed by atoms with E-state index in [0.717, 1.165) is 56.2 Å². The monoisotopic (exact) mass is 514 g/mol. The molecule has 4 rings (SSSR count). The fraction of sp³-hybridized carbons (Fsp3) is 0.630. The molecule has 0 atom stereocenters. The third-order valence-electron chi connectivity index (χ3n) is 7.47. The van der Waals surface area contributed by atoms with E-state index in [9.17, 15) is 14.4 Å². The van der Waals surface area contributed by atoms with Crippen LogP contribution in [0.15, 0.2) is 28.1 Å². The Hall–Kier alpha value is -2.68. The van der Waals surface area contributed by atoms with Crippen molar-refractivity contribution in [1.29, 1.82) is 0 Å². The van der Waals surface area contributed by atoms with Gasteiger partial charge in [-0.2, -0.15) is 0 Å². The van der Waals surface area contributed by atoms with Crippen LogP contribution < -0.4 is 10.6 Å². The molecule has 36 heavy (non-hydrogen) atoms. The molecule has 9 heteroatoms. The lowest BCUT2D eigenvalue weighted by Gasteiger charge is -2.43. The minimum Gasteiger partial charge on any atom is -0.360 e. The Balaban J connectivity index is 1.53. The van der Waals surface area contributed by atoms with Crippen molar-refractivity contribution >= 4 is 34.9 Å². The number of carbonyl (C=O) groups excluding carboxylic acids is 3. The molecule has 0 aromatic carbocycles. The summed E-state index contributed by atoms with van der Waals surface area (Å²) in [6.45, 7) is 2.14. The van der Waals surface area contributed by atoms with E-state index in [0.29, 0.717) is 31.0 Å². The lowest BCUT2D eigenvalue weighted by atomic mass is 9.85. The van der Waals surface area contributed by atoms with Crippen LogP contribution in [0.4, 0.5) is 5.82 Å². The Labute approximate surface area is 217 Å². The van der Waals surface area contributed by atoms with E-state index in [-0.39, 0.29) is 36.6 Å². The van der Waals surface area contributed by atoms with Gasteiger partial charge in [-0.1, -0.05) is 56.2 Å². The first-order valence-electron chi connectivity index (χ1n) is 13.3. The molecule has 2 saturated carbocycles. The van der Waals surface area contributed by atoms with Gasteiger partial charge in [-0.15, -0.1) is 11.3 Å². The zero-order chi connectivity index (χ0) is 25.4. The SMILES string of the molecule is Cc1cc(NC(=O)CCC(=O)N(Cc2cccs2)C2(C(=O)NC3CCCCC3)CCCCCC2)no1. The first-order valence-corrected chi connectivity index (χ1v) is 14.2. The molecule has 3 amide bonds. The summed E-state index contributed by atoms with van der Waals surface area (Å²) in [6.07, 6.45) is 10.8. The average molecular weight is 515 g/mol. The van der Waals surface area contributed by atoms with E-state index in [1.54, 1.807) is 29.2 Å². The van der Waals surface area contributed by atoms with E-state index in [4.69, 9.17) is 4.52 Å². The van der Waals surface area contributed by atoms with Crippen molar-refractivity contribution in [3.8, 4) is 0 Å². The minimum atomic E-state index is -0.880. The highest BCUT2D eigenvalue weighted by Gasteiger charge is 2.46. The van der Waals surface area contributed by atoms with Gasteiger partial charge in [0.15, 0.2) is 5.82 Å². The number of hydrogen-bond acceptors (Lipinski definition) is 6. The minimum absolute atomic E-state index is 0.0104. The second kappa shape index (κ2) is 12.5. The van der Waals surface area contributed by atoms with E-state index in [2.05, 4.69) is 15.8 Å². The second-order valence-corrected chi connectivity index (χ2v) is 11.2. The average Bonchev–Trinajstić information content (AvgIpc) is 3.47. The van der Waals surface area contributed by atoms with Gasteiger partial charge >= 0.3 is 0 Å². The van der Waals surface area contributed by atoms with Gasteiger partial charge in [0.1, 0.15) is 11.3 Å². The molecule has 0 saturated heterocycles. The van der Waals surface area contributed by atoms with Crippen LogP contribution in [0.1, 0.15) is 94.1 Å². The van der Waals surface area contributed by atoms with Gasteiger partial charge in [0.2, 0.25) is 17.7 Å². The van der Waals surface area contributed by atoms with Gasteiger partial charge in [-0.05, 0) is 44.1 Å². The Morgan fingerprint density at radius 1 is 1.08 bits per heavy atom. The summed E-state index contributed by atoms with van der Waals surface area (Å²) in [5, 5.41) is 11.8. The lowest BCUT2D eigenvalue weighted by molar-refractivity contribution is -0.151. The molecule has 0 aliphatic heterocycles. The van der Waals surface area contributed by atoms with Crippen molar-refractivity contribution in [1.82, 2.24) is 15.4 Å². The summed E-state index contributed by atoms with van der Waals surface area (Å²) >= 11 is 1.59. The van der Waals surface area contributed by atoms with Crippen LogP contribution in [0.3, 0.4) is 0 Å². The number of hydrogen-bond donors (Lipinski definition) is 2. The second-order valence-electron chi connectivity index (χ2n) is 10.2. The number of anilines is 1. The molecule has 2 N–H and O–H groups in total. The molecule has 0 radical (unpaired) electrons. The van der Waals surface area contributed by atoms with E-state index < -0.39 is 5.54 Å². The molecule has 2 heterocycles. The molecule has 0 unspecified atom stereocenters. The van der Waals surface area contributed by atoms with E-state index >= 15 is 0 Å². The predicted molar refractivity (Wildman–Crippen MR) is 139 cm³/mol. The van der Waals surface area contributed by atoms with Gasteiger partial charge in [0.05, 0.1) is 6.54 Å². The number of thiophene rings is 1. The topological polar surface area (TPSA) is 105 Å². The largest absolute Gasteiger partial charge is 0.360 e. The molecule has 8 nitrogen and oxygen atoms in total. The molecule has 2 fully saturated rings. The Bertz CT molecular complexity index is 1000. The summed E-state index contributed by atoms with van der Waals surface area (Å²) in [5.41, 5.74) is -0.880. The summed E-state index contributed by atoms with van der Waals surface area (Å²) in [4.78, 5) is 43.2. The molecular weight excluding hydrogens is 476 g/mol. The van der Waals surface area contributed by atoms with Crippen LogP contribution in [0.5, 0.6) is 0 Å². The molecule has 2 aromatic rings. The van der Waals surface area contributed by atoms with Crippen molar-refractivity contribution < 1.29 is 18.9 Å². The highest BCUT2D eigenvalue weighted by Crippen LogP contribution is 2.36. The standard InChI is InChI=1S/C27H38N4O4S/c1-20-18-23(30-35-20)29-24(32)13-14-25(33)31(19-22-12-9-17-36-22)27(15-7-2-3-8-16-27)26(34)28-21-10-5-4-6-11-21/h9,12,17-18,21H,2-8,10-11,13-16,19H2,1H3,(H,28,34)(H,29,30,32). The normalized spacial score (nSPS) is 18.2. The van der Waals surface area contributed by atoms with Crippen molar-refractivity contribution in [2.45, 2.75) is 109 Å². The number of carbonyl (C=O) groups is 3. The van der Waals surface area contributed by atoms with Gasteiger partial charge in [0, 0.05) is 29.8 Å². The number of nitrogens with one attached hydrogen (secondary N) is 2. The van der Waals surface area contributed by atoms with Crippen molar-refractivity contribution in [3.05, 3.63) is 34.2 Å². The zero-order valence-electron chi connectivity index (χ0n) is 21.2. The summed E-state index contributed by atoms with van der Waals surface area (Å²) in [7, 11) is 0. The highest BCUT2D eigenvalue weighted by atomic mass is 32.1. The van der Waals surface area contributed by atoms with Crippen molar-refractivity contribution in [3.63, 3.8) is 0 Å². The fourth-order valence-electron chi connectivity index (χ4n) is 5.52. The summed E-state index contributed by atoms with van der Waals surface area (Å²) in [5.74, 6) is 0.476. The maximum absolute atomic E-state index is 14.0. The van der Waals surface area contributed by atoms with Crippen molar-refractivity contribution in [2.75, 3.05) is 5.32 Å². The molecule has 196 valence electrons. The molecule has 0 bridgehead atoms. The number of nitrogens with zero attached hydrogens (tertiary/aromatic N) is 2. The van der Waals surface area contributed by atoms with E-state index in [1.807, 2.05) is 17.5 Å². The van der Waals surface area contributed by atoms with Crippen LogP contribution in [0.25, 0.3) is 0 Å². The molecule has 2 aromatic heterocycles. The number of aryl methyl sites for hydroxylation is 1.